The minimum Gasteiger partial charge on any atom is -0.486 e. The molecule has 21 heavy (non-hydrogen) atoms. The number of fused-ring (bicyclic) bond motifs is 1. The molecule has 1 aliphatic heterocycles. The van der Waals surface area contributed by atoms with Gasteiger partial charge in [0.15, 0.2) is 11.5 Å². The molecule has 0 aliphatic carbocycles. The van der Waals surface area contributed by atoms with E-state index in [0.29, 0.717) is 37.7 Å². The van der Waals surface area contributed by atoms with Crippen LogP contribution in [0.4, 0.5) is 0 Å². The van der Waals surface area contributed by atoms with Crippen LogP contribution >= 0.6 is 0 Å². The normalized spacial score (nSPS) is 14.1. The quantitative estimate of drug-likeness (QED) is 0.872. The Balaban J connectivity index is 1.69. The summed E-state index contributed by atoms with van der Waals surface area (Å²) in [5, 5.41) is 0. The molecule has 6 nitrogen and oxygen atoms in total. The Morgan fingerprint density at radius 2 is 1.95 bits per heavy atom. The number of aromatic amines is 1. The van der Waals surface area contributed by atoms with Crippen molar-refractivity contribution in [3.05, 3.63) is 42.2 Å². The summed E-state index contributed by atoms with van der Waals surface area (Å²) in [7, 11) is -3.54. The van der Waals surface area contributed by atoms with Gasteiger partial charge in [0.05, 0.1) is 4.90 Å². The maximum absolute atomic E-state index is 12.2. The first-order valence-corrected chi connectivity index (χ1v) is 8.14. The molecule has 2 N–H and O–H groups in total. The van der Waals surface area contributed by atoms with Crippen LogP contribution in [0.25, 0.3) is 0 Å². The predicted octanol–water partition coefficient (Wildman–Crippen LogP) is 1.31. The number of hydrogen-bond donors (Lipinski definition) is 2. The second kappa shape index (κ2) is 5.79. The van der Waals surface area contributed by atoms with Gasteiger partial charge in [-0.15, -0.1) is 0 Å². The summed E-state index contributed by atoms with van der Waals surface area (Å²) in [4.78, 5) is 3.12. The van der Waals surface area contributed by atoms with Gasteiger partial charge in [0, 0.05) is 25.0 Å². The molecule has 0 saturated heterocycles. The van der Waals surface area contributed by atoms with Gasteiger partial charge in [-0.2, -0.15) is 0 Å². The molecule has 0 atom stereocenters. The molecule has 0 saturated carbocycles. The highest BCUT2D eigenvalue weighted by Gasteiger charge is 2.18. The number of hydrogen-bond acceptors (Lipinski definition) is 4. The Kier molecular flexibility index (Phi) is 3.85. The van der Waals surface area contributed by atoms with Crippen LogP contribution in [0.2, 0.25) is 0 Å². The van der Waals surface area contributed by atoms with Crippen molar-refractivity contribution in [3.63, 3.8) is 0 Å². The van der Waals surface area contributed by atoms with Crippen LogP contribution in [0, 0.1) is 0 Å². The van der Waals surface area contributed by atoms with E-state index in [2.05, 4.69) is 9.71 Å². The van der Waals surface area contributed by atoms with E-state index in [1.54, 1.807) is 6.07 Å². The molecule has 1 aromatic heterocycles. The lowest BCUT2D eigenvalue weighted by Crippen LogP contribution is -2.26. The summed E-state index contributed by atoms with van der Waals surface area (Å²) in [6.07, 6.45) is 4.29. The van der Waals surface area contributed by atoms with Gasteiger partial charge in [-0.3, -0.25) is 0 Å². The van der Waals surface area contributed by atoms with Crippen LogP contribution in [0.15, 0.2) is 41.6 Å². The van der Waals surface area contributed by atoms with Gasteiger partial charge < -0.3 is 14.5 Å². The third-order valence-electron chi connectivity index (χ3n) is 3.19. The van der Waals surface area contributed by atoms with Crippen molar-refractivity contribution in [1.82, 2.24) is 9.71 Å². The maximum Gasteiger partial charge on any atom is 0.240 e. The lowest BCUT2D eigenvalue weighted by Gasteiger charge is -2.18. The van der Waals surface area contributed by atoms with Crippen molar-refractivity contribution >= 4 is 10.0 Å². The molecule has 3 rings (SSSR count). The molecule has 1 aliphatic rings. The number of ether oxygens (including phenoxy) is 2. The topological polar surface area (TPSA) is 80.4 Å². The molecule has 7 heteroatoms. The Labute approximate surface area is 123 Å². The highest BCUT2D eigenvalue weighted by Crippen LogP contribution is 2.32. The maximum atomic E-state index is 12.2. The molecule has 0 fully saturated rings. The first-order chi connectivity index (χ1) is 10.1. The fourth-order valence-corrected chi connectivity index (χ4v) is 3.16. The average molecular weight is 308 g/mol. The first kappa shape index (κ1) is 14.0. The zero-order valence-electron chi connectivity index (χ0n) is 11.3. The van der Waals surface area contributed by atoms with Crippen LogP contribution in [0.5, 0.6) is 11.5 Å². The number of nitrogens with one attached hydrogen (secondary N) is 2. The standard InChI is InChI=1S/C14H16N2O4S/c17-21(18,16-6-4-11-3-5-15-10-11)12-1-2-13-14(9-12)20-8-7-19-13/h1-3,5,9-10,15-16H,4,6-8H2. The van der Waals surface area contributed by atoms with E-state index >= 15 is 0 Å². The molecule has 112 valence electrons. The van der Waals surface area contributed by atoms with E-state index in [1.165, 1.54) is 12.1 Å². The number of H-pyrrole nitrogens is 1. The Hall–Kier alpha value is -1.99. The molecule has 1 aromatic carbocycles. The van der Waals surface area contributed by atoms with E-state index < -0.39 is 10.0 Å². The summed E-state index contributed by atoms with van der Waals surface area (Å²) in [5.74, 6) is 1.04. The van der Waals surface area contributed by atoms with E-state index in [0.717, 1.165) is 5.56 Å². The molecular formula is C14H16N2O4S. The van der Waals surface area contributed by atoms with Crippen molar-refractivity contribution in [2.75, 3.05) is 19.8 Å². The second-order valence-corrected chi connectivity index (χ2v) is 6.44. The van der Waals surface area contributed by atoms with E-state index in [-0.39, 0.29) is 4.90 Å². The largest absolute Gasteiger partial charge is 0.486 e. The minimum atomic E-state index is -3.54. The monoisotopic (exact) mass is 308 g/mol. The Morgan fingerprint density at radius 1 is 1.14 bits per heavy atom. The van der Waals surface area contributed by atoms with Gasteiger partial charge in [-0.05, 0) is 30.2 Å². The lowest BCUT2D eigenvalue weighted by atomic mass is 10.2. The first-order valence-electron chi connectivity index (χ1n) is 6.66. The van der Waals surface area contributed by atoms with Gasteiger partial charge >= 0.3 is 0 Å². The molecule has 0 radical (unpaired) electrons. The van der Waals surface area contributed by atoms with Crippen LogP contribution in [0.1, 0.15) is 5.56 Å². The van der Waals surface area contributed by atoms with E-state index in [1.807, 2.05) is 18.5 Å². The molecule has 2 heterocycles. The van der Waals surface area contributed by atoms with E-state index in [9.17, 15) is 8.42 Å². The summed E-state index contributed by atoms with van der Waals surface area (Å²) in [5.41, 5.74) is 1.06. The van der Waals surface area contributed by atoms with Gasteiger partial charge in [-0.25, -0.2) is 13.1 Å². The third-order valence-corrected chi connectivity index (χ3v) is 4.65. The van der Waals surface area contributed by atoms with Crippen molar-refractivity contribution in [1.29, 1.82) is 0 Å². The predicted molar refractivity (Wildman–Crippen MR) is 77.1 cm³/mol. The molecular weight excluding hydrogens is 292 g/mol. The van der Waals surface area contributed by atoms with Gasteiger partial charge in [-0.1, -0.05) is 0 Å². The van der Waals surface area contributed by atoms with Crippen LogP contribution in [-0.2, 0) is 16.4 Å². The second-order valence-electron chi connectivity index (χ2n) is 4.67. The fourth-order valence-electron chi connectivity index (χ4n) is 2.12. The lowest BCUT2D eigenvalue weighted by molar-refractivity contribution is 0.171. The molecule has 0 amide bonds. The third kappa shape index (κ3) is 3.20. The van der Waals surface area contributed by atoms with Crippen LogP contribution in [0.3, 0.4) is 0 Å². The van der Waals surface area contributed by atoms with Crippen LogP contribution < -0.4 is 14.2 Å². The van der Waals surface area contributed by atoms with Crippen molar-refractivity contribution in [2.24, 2.45) is 0 Å². The Bertz CT molecular complexity index is 711. The highest BCUT2D eigenvalue weighted by atomic mass is 32.2. The number of rotatable bonds is 5. The summed E-state index contributed by atoms with van der Waals surface area (Å²) >= 11 is 0. The van der Waals surface area contributed by atoms with Crippen LogP contribution in [-0.4, -0.2) is 33.2 Å². The zero-order chi connectivity index (χ0) is 14.7. The molecule has 0 bridgehead atoms. The number of aromatic nitrogens is 1. The fraction of sp³-hybridized carbons (Fsp3) is 0.286. The smallest absolute Gasteiger partial charge is 0.240 e. The summed E-state index contributed by atoms with van der Waals surface area (Å²) in [6, 6.07) is 6.55. The average Bonchev–Trinajstić information content (AvgIpc) is 3.00. The Morgan fingerprint density at radius 3 is 2.71 bits per heavy atom. The van der Waals surface area contributed by atoms with Crippen molar-refractivity contribution < 1.29 is 17.9 Å². The SMILES string of the molecule is O=S(=O)(NCCc1cc[nH]c1)c1ccc2c(c1)OCCO2. The molecule has 0 unspecified atom stereocenters. The molecule has 0 spiro atoms. The van der Waals surface area contributed by atoms with Gasteiger partial charge in [0.25, 0.3) is 0 Å². The van der Waals surface area contributed by atoms with Gasteiger partial charge in [0.2, 0.25) is 10.0 Å². The number of benzene rings is 1. The summed E-state index contributed by atoms with van der Waals surface area (Å²) < 4.78 is 37.8. The van der Waals surface area contributed by atoms with E-state index in [4.69, 9.17) is 9.47 Å². The minimum absolute atomic E-state index is 0.181. The zero-order valence-corrected chi connectivity index (χ0v) is 12.2. The van der Waals surface area contributed by atoms with Gasteiger partial charge in [0.1, 0.15) is 13.2 Å². The van der Waals surface area contributed by atoms with Crippen molar-refractivity contribution in [3.8, 4) is 11.5 Å². The summed E-state index contributed by atoms with van der Waals surface area (Å²) in [6.45, 7) is 1.25. The number of sulfonamides is 1. The molecule has 2 aromatic rings. The highest BCUT2D eigenvalue weighted by molar-refractivity contribution is 7.89. The van der Waals surface area contributed by atoms with Crippen molar-refractivity contribution in [2.45, 2.75) is 11.3 Å².